The molecule has 0 bridgehead atoms. The number of pyridine rings is 1. The van der Waals surface area contributed by atoms with E-state index in [2.05, 4.69) is 39.2 Å². The smallest absolute Gasteiger partial charge is 0.268 e. The molecule has 0 radical (unpaired) electrons. The third kappa shape index (κ3) is 9.00. The van der Waals surface area contributed by atoms with Crippen LogP contribution in [0.1, 0.15) is 130 Å². The average Bonchev–Trinajstić information content (AvgIpc) is 0.662. The van der Waals surface area contributed by atoms with E-state index in [1.165, 1.54) is 57.7 Å². The first-order valence-corrected chi connectivity index (χ1v) is 27.3. The van der Waals surface area contributed by atoms with E-state index >= 15 is 0 Å². The summed E-state index contributed by atoms with van der Waals surface area (Å²) in [6, 6.07) is 40.8. The van der Waals surface area contributed by atoms with Crippen LogP contribution < -0.4 is 9.30 Å². The zero-order chi connectivity index (χ0) is 83.6. The Labute approximate surface area is 561 Å². The van der Waals surface area contributed by atoms with Gasteiger partial charge in [0.1, 0.15) is 5.82 Å². The average molecular weight is 1320 g/mol. The number of imidazole rings is 1. The Morgan fingerprint density at radius 2 is 1.26 bits per heavy atom. The molecule has 4 heterocycles. The molecule has 3 aromatic heterocycles. The van der Waals surface area contributed by atoms with Gasteiger partial charge in [0.2, 0.25) is 0 Å². The molecule has 13 aromatic rings. The van der Waals surface area contributed by atoms with Crippen molar-refractivity contribution in [3.8, 4) is 95.5 Å². The van der Waals surface area contributed by atoms with Crippen LogP contribution in [0.2, 0.25) is 0 Å². The van der Waals surface area contributed by atoms with Gasteiger partial charge in [0.15, 0.2) is 0 Å². The monoisotopic (exact) mass is 1320 g/mol. The van der Waals surface area contributed by atoms with Crippen LogP contribution in [0.25, 0.3) is 117 Å². The van der Waals surface area contributed by atoms with Gasteiger partial charge < -0.3 is 13.9 Å². The van der Waals surface area contributed by atoms with Crippen LogP contribution in [-0.2, 0) is 37.3 Å². The summed E-state index contributed by atoms with van der Waals surface area (Å²) < 4.78 is 290. The predicted octanol–water partition coefficient (Wildman–Crippen LogP) is 20.2. The first kappa shape index (κ1) is 31.0. The molecule has 424 valence electrons. The van der Waals surface area contributed by atoms with Crippen LogP contribution in [0.15, 0.2) is 212 Å². The van der Waals surface area contributed by atoms with Crippen molar-refractivity contribution in [2.75, 3.05) is 0 Å². The minimum Gasteiger partial charge on any atom is -0.510 e. The molecule has 10 aromatic carbocycles. The number of fused-ring (bicyclic) bond motifs is 11. The zero-order valence-electron chi connectivity index (χ0n) is 76.1. The van der Waals surface area contributed by atoms with Gasteiger partial charge in [-0.3, -0.25) is 4.57 Å². The second-order valence-electron chi connectivity index (χ2n) is 22.2. The molecule has 1 aliphatic carbocycles. The normalized spacial score (nSPS) is 21.0. The summed E-state index contributed by atoms with van der Waals surface area (Å²) in [6.07, 6.45) is -4.16. The van der Waals surface area contributed by atoms with Crippen molar-refractivity contribution in [3.05, 3.63) is 259 Å². The van der Waals surface area contributed by atoms with E-state index in [9.17, 15) is 20.6 Å². The second-order valence-corrected chi connectivity index (χ2v) is 22.2. The number of aryl methyl sites for hydroxylation is 2. The third-order valence-electron chi connectivity index (χ3n) is 15.9. The molecule has 6 heteroatoms. The van der Waals surface area contributed by atoms with Crippen molar-refractivity contribution < 1.29 is 71.5 Å². The maximum Gasteiger partial charge on any atom is 0.268 e. The molecule has 1 aliphatic heterocycles. The van der Waals surface area contributed by atoms with Gasteiger partial charge in [0, 0.05) is 74.4 Å². The summed E-state index contributed by atoms with van der Waals surface area (Å²) in [5.41, 5.74) is -12.8. The minimum absolute atomic E-state index is 0. The molecular formula is C80H66N4OPt-2. The fourth-order valence-electron chi connectivity index (χ4n) is 11.9. The SMILES string of the molecule is [2H]c1c([2H])c([2H])c(-c2cccc3c2-c2cccc(-c4c(C([2H])([2H])[2H])cccc4C([2H])([2H])[2H])c2-[n+]2[c-]n(-c4[c-]c(Oc5[c-]c6c(cc5)c5ccccc5n6-c5cc(C(C)(C)C)ccn5)ccc4)c4cc(-c5c([2H])c([2H])c6c(c5[2H])C(C([2H])([2H])[2H])(C([2H])([2H])[2H])C([2H])([2H])C([2H])([2H])C6(C([2H])([2H])[2H])C([2H])([2H])[2H])cc(c42)-c2ccccc2-3)c([2H])c1[2H].[Pt]. The van der Waals surface area contributed by atoms with Crippen LogP contribution in [0.3, 0.4) is 0 Å². The number of ether oxygens (including phenoxy) is 1. The van der Waals surface area contributed by atoms with Gasteiger partial charge >= 0.3 is 0 Å². The summed E-state index contributed by atoms with van der Waals surface area (Å²) in [5.74, 6) is 0.749. The van der Waals surface area contributed by atoms with Gasteiger partial charge in [-0.1, -0.05) is 205 Å². The number of benzene rings is 10. The molecule has 0 atom stereocenters. The summed E-state index contributed by atoms with van der Waals surface area (Å²) in [4.78, 5) is 4.82. The van der Waals surface area contributed by atoms with E-state index < -0.39 is 146 Å². The number of aromatic nitrogens is 4. The van der Waals surface area contributed by atoms with Crippen molar-refractivity contribution in [3.63, 3.8) is 0 Å². The van der Waals surface area contributed by atoms with E-state index in [1.807, 2.05) is 47.0 Å². The van der Waals surface area contributed by atoms with Crippen LogP contribution >= 0.6 is 0 Å². The van der Waals surface area contributed by atoms with Crippen molar-refractivity contribution in [1.29, 1.82) is 0 Å². The Bertz CT molecular complexity index is 6200. The second kappa shape index (κ2) is 20.7. The van der Waals surface area contributed by atoms with Gasteiger partial charge in [-0.05, 0) is 173 Å². The summed E-state index contributed by atoms with van der Waals surface area (Å²) in [5, 5.41) is 1.66. The number of para-hydroxylation sites is 2. The van der Waals surface area contributed by atoms with Gasteiger partial charge in [-0.15, -0.1) is 29.7 Å². The minimum atomic E-state index is -4.68. The summed E-state index contributed by atoms with van der Waals surface area (Å²) in [6.45, 7) is -17.5. The number of hydrogen-bond donors (Lipinski definition) is 0. The molecule has 0 unspecified atom stereocenters. The molecule has 15 rings (SSSR count). The Morgan fingerprint density at radius 3 is 2.02 bits per heavy atom. The molecule has 0 amide bonds. The predicted molar refractivity (Wildman–Crippen MR) is 350 cm³/mol. The fraction of sp³-hybridized carbons (Fsp3) is 0.175. The Balaban J connectivity index is 0.0000111. The molecule has 0 saturated carbocycles. The largest absolute Gasteiger partial charge is 0.510 e. The first-order chi connectivity index (χ1) is 53.4. The molecule has 2 aliphatic rings. The Kier molecular flexibility index (Phi) is 7.44. The van der Waals surface area contributed by atoms with E-state index in [1.54, 1.807) is 72.9 Å². The summed E-state index contributed by atoms with van der Waals surface area (Å²) in [7, 11) is 0. The Morgan fingerprint density at radius 1 is 0.581 bits per heavy atom. The zero-order valence-corrected chi connectivity index (χ0v) is 48.4. The topological polar surface area (TPSA) is 35.9 Å². The summed E-state index contributed by atoms with van der Waals surface area (Å²) >= 11 is 0. The quantitative estimate of drug-likeness (QED) is 0.118. The van der Waals surface area contributed by atoms with E-state index in [4.69, 9.17) is 30.3 Å². The van der Waals surface area contributed by atoms with Crippen LogP contribution in [0.4, 0.5) is 0 Å². The molecular weight excluding hydrogens is 1230 g/mol. The molecule has 5 nitrogen and oxygen atoms in total. The maximum absolute atomic E-state index is 10.5. The Hall–Kier alpha value is -8.89. The van der Waals surface area contributed by atoms with Gasteiger partial charge in [-0.25, -0.2) is 4.98 Å². The molecule has 0 N–H and O–H groups in total. The van der Waals surface area contributed by atoms with E-state index in [-0.39, 0.29) is 116 Å². The van der Waals surface area contributed by atoms with Crippen LogP contribution in [-0.4, -0.2) is 14.1 Å². The molecule has 0 spiro atoms. The third-order valence-corrected chi connectivity index (χ3v) is 15.9. The molecule has 0 saturated heterocycles. The van der Waals surface area contributed by atoms with Crippen molar-refractivity contribution in [2.24, 2.45) is 0 Å². The van der Waals surface area contributed by atoms with Crippen molar-refractivity contribution >= 4 is 32.8 Å². The van der Waals surface area contributed by atoms with Crippen molar-refractivity contribution in [2.45, 2.75) is 90.9 Å². The van der Waals surface area contributed by atoms with Crippen LogP contribution in [0.5, 0.6) is 11.5 Å². The number of rotatable bonds is 7. The first-order valence-electron chi connectivity index (χ1n) is 42.3. The van der Waals surface area contributed by atoms with E-state index in [0.717, 1.165) is 21.9 Å². The maximum atomic E-state index is 10.5. The number of hydrogen-bond acceptors (Lipinski definition) is 2. The van der Waals surface area contributed by atoms with E-state index in [0.29, 0.717) is 11.3 Å². The van der Waals surface area contributed by atoms with Gasteiger partial charge in [-0.2, -0.15) is 18.2 Å². The molecule has 86 heavy (non-hydrogen) atoms. The number of nitrogens with zero attached hydrogens (tertiary/aromatic N) is 4. The van der Waals surface area contributed by atoms with Gasteiger partial charge in [0.25, 0.3) is 6.33 Å². The fourth-order valence-corrected chi connectivity index (χ4v) is 11.9. The van der Waals surface area contributed by atoms with Crippen LogP contribution in [0, 0.1) is 32.2 Å². The molecule has 0 fully saturated rings. The van der Waals surface area contributed by atoms with Gasteiger partial charge in [0.05, 0.1) is 27.7 Å². The standard InChI is InChI=1S/C80H66N4O.Pt/c1-50-21-17-22-51(2)74(50)65-32-20-33-66-75-59(52-23-11-10-12-24-52)30-19-31-64(75)60-27-13-14-28-61(60)67-43-54(53-35-38-68-69(44-53)80(8,9)41-40-79(68,6)7)45-72-77(67)83(76(65)66)49-82(72)56-25-18-26-57(47-56)85-58-36-37-63-62-29-15-16-34-70(62)84(71(63)48-58)73-46-55(39-42-81-73)78(3,4)5;/h10-39,42-46H,40-41H2,1-9H3;/q-2;/i1D3,2D3,6D3,7D3,8D3,9D3,10D,11D,12D,23D,24D,35D,38D,40D2,41D2,44D;. The van der Waals surface area contributed by atoms with Crippen molar-refractivity contribution in [1.82, 2.24) is 14.1 Å².